The minimum absolute atomic E-state index is 0.174. The van der Waals surface area contributed by atoms with Crippen LogP contribution in [0.3, 0.4) is 0 Å². The number of alkyl halides is 6. The van der Waals surface area contributed by atoms with Crippen molar-refractivity contribution in [3.05, 3.63) is 11.8 Å². The Hall–Kier alpha value is -1.25. The van der Waals surface area contributed by atoms with E-state index in [1.54, 1.807) is 19.4 Å². The number of likely N-dealkylation sites (N-methyl/N-ethyl adjacent to an activating group) is 1. The summed E-state index contributed by atoms with van der Waals surface area (Å²) in [6.45, 7) is -0.0584. The second-order valence-electron chi connectivity index (χ2n) is 3.65. The van der Waals surface area contributed by atoms with Crippen LogP contribution in [0.4, 0.5) is 26.3 Å². The second-order valence-corrected chi connectivity index (χ2v) is 3.65. The van der Waals surface area contributed by atoms with E-state index in [1.807, 2.05) is 0 Å². The molecule has 0 aliphatic carbocycles. The van der Waals surface area contributed by atoms with Crippen molar-refractivity contribution < 1.29 is 31.1 Å². The Kier molecular flexibility index (Phi) is 5.65. The van der Waals surface area contributed by atoms with Gasteiger partial charge in [0.15, 0.2) is 0 Å². The normalized spacial score (nSPS) is 13.9. The van der Waals surface area contributed by atoms with Crippen molar-refractivity contribution in [2.45, 2.75) is 12.4 Å². The molecule has 9 heteroatoms. The molecule has 0 aliphatic rings. The Morgan fingerprint density at radius 2 is 1.61 bits per heavy atom. The number of ketones is 1. The van der Waals surface area contributed by atoms with Crippen LogP contribution in [0.1, 0.15) is 0 Å². The van der Waals surface area contributed by atoms with Gasteiger partial charge in [0.05, 0.1) is 0 Å². The lowest BCUT2D eigenvalue weighted by atomic mass is 10.3. The zero-order valence-corrected chi connectivity index (χ0v) is 9.61. The Morgan fingerprint density at radius 1 is 1.11 bits per heavy atom. The van der Waals surface area contributed by atoms with Crippen molar-refractivity contribution >= 4 is 5.78 Å². The lowest BCUT2D eigenvalue weighted by Gasteiger charge is -2.16. The molecule has 0 unspecified atom stereocenters. The second kappa shape index (κ2) is 6.07. The van der Waals surface area contributed by atoms with E-state index in [1.165, 1.54) is 4.90 Å². The molecule has 0 amide bonds. The third kappa shape index (κ3) is 6.48. The maximum absolute atomic E-state index is 12.3. The number of allylic oxidation sites excluding steroid dienone is 2. The first-order valence-electron chi connectivity index (χ1n) is 4.73. The molecule has 0 spiro atoms. The zero-order valence-electron chi connectivity index (χ0n) is 9.61. The van der Waals surface area contributed by atoms with E-state index in [9.17, 15) is 31.1 Å². The molecular formula is C9H12F6N2O. The number of nitrogens with one attached hydrogen (secondary N) is 1. The fraction of sp³-hybridized carbons (Fsp3) is 0.667. The van der Waals surface area contributed by atoms with Crippen molar-refractivity contribution in [3.63, 3.8) is 0 Å². The minimum atomic E-state index is -5.32. The van der Waals surface area contributed by atoms with Gasteiger partial charge in [-0.1, -0.05) is 0 Å². The molecule has 0 aromatic heterocycles. The third-order valence-electron chi connectivity index (χ3n) is 1.73. The van der Waals surface area contributed by atoms with Crippen LogP contribution < -0.4 is 5.32 Å². The van der Waals surface area contributed by atoms with Crippen LogP contribution in [0.2, 0.25) is 0 Å². The van der Waals surface area contributed by atoms with Gasteiger partial charge in [0.1, 0.15) is 5.70 Å². The van der Waals surface area contributed by atoms with Crippen molar-refractivity contribution in [1.82, 2.24) is 10.2 Å². The monoisotopic (exact) mass is 278 g/mol. The molecular weight excluding hydrogens is 266 g/mol. The molecule has 0 heterocycles. The summed E-state index contributed by atoms with van der Waals surface area (Å²) in [7, 11) is 3.17. The zero-order chi connectivity index (χ0) is 14.6. The van der Waals surface area contributed by atoms with Crippen molar-refractivity contribution in [3.8, 4) is 0 Å². The quantitative estimate of drug-likeness (QED) is 0.614. The van der Waals surface area contributed by atoms with Gasteiger partial charge < -0.3 is 10.2 Å². The van der Waals surface area contributed by atoms with E-state index < -0.39 is 29.9 Å². The molecule has 18 heavy (non-hydrogen) atoms. The molecule has 0 atom stereocenters. The molecule has 0 rings (SSSR count). The first-order chi connectivity index (χ1) is 7.94. The van der Waals surface area contributed by atoms with Crippen LogP contribution in [0.5, 0.6) is 0 Å². The molecule has 106 valence electrons. The number of halogens is 6. The Morgan fingerprint density at radius 3 is 1.94 bits per heavy atom. The van der Waals surface area contributed by atoms with Gasteiger partial charge in [-0.2, -0.15) is 26.3 Å². The molecule has 0 aromatic rings. The van der Waals surface area contributed by atoms with Crippen molar-refractivity contribution in [1.29, 1.82) is 0 Å². The van der Waals surface area contributed by atoms with Gasteiger partial charge in [-0.15, -0.1) is 0 Å². The highest BCUT2D eigenvalue weighted by Crippen LogP contribution is 2.25. The van der Waals surface area contributed by atoms with Crippen LogP contribution in [0.25, 0.3) is 0 Å². The van der Waals surface area contributed by atoms with Gasteiger partial charge in [-0.25, -0.2) is 0 Å². The van der Waals surface area contributed by atoms with Crippen LogP contribution in [-0.4, -0.2) is 50.2 Å². The summed E-state index contributed by atoms with van der Waals surface area (Å²) < 4.78 is 72.5. The molecule has 0 bridgehead atoms. The highest BCUT2D eigenvalue weighted by molar-refractivity contribution is 5.95. The average Bonchev–Trinajstić information content (AvgIpc) is 2.12. The summed E-state index contributed by atoms with van der Waals surface area (Å²) >= 11 is 0. The van der Waals surface area contributed by atoms with E-state index in [0.717, 1.165) is 0 Å². The molecule has 0 radical (unpaired) electrons. The number of carbonyl (C=O) groups excluding carboxylic acids is 1. The van der Waals surface area contributed by atoms with Crippen LogP contribution >= 0.6 is 0 Å². The topological polar surface area (TPSA) is 32.3 Å². The molecule has 3 nitrogen and oxygen atoms in total. The van der Waals surface area contributed by atoms with Gasteiger partial charge in [0.25, 0.3) is 5.78 Å². The first-order valence-corrected chi connectivity index (χ1v) is 4.73. The summed E-state index contributed by atoms with van der Waals surface area (Å²) in [4.78, 5) is 12.0. The fourth-order valence-electron chi connectivity index (χ4n) is 0.860. The third-order valence-corrected chi connectivity index (χ3v) is 1.73. The van der Waals surface area contributed by atoms with Gasteiger partial charge in [0.2, 0.25) is 0 Å². The smallest absolute Gasteiger partial charge is 0.380 e. The molecule has 0 aromatic carbocycles. The maximum atomic E-state index is 12.3. The Balaban J connectivity index is 4.81. The first kappa shape index (κ1) is 16.8. The Labute approximate surface area is 99.4 Å². The highest BCUT2D eigenvalue weighted by atomic mass is 19.4. The number of nitrogens with zero attached hydrogens (tertiary/aromatic N) is 1. The number of hydrogen-bond acceptors (Lipinski definition) is 3. The van der Waals surface area contributed by atoms with Gasteiger partial charge in [0, 0.05) is 19.2 Å². The number of rotatable bonds is 5. The van der Waals surface area contributed by atoms with Crippen molar-refractivity contribution in [2.24, 2.45) is 0 Å². The number of carbonyl (C=O) groups is 1. The van der Waals surface area contributed by atoms with Crippen LogP contribution in [-0.2, 0) is 4.79 Å². The standard InChI is InChI=1S/C9H12F6N2O/c1-17(2)4-3-16-6(8(10,11)12)5-7(18)9(13,14)15/h5,16H,3-4H2,1-2H3/b6-5+. The van der Waals surface area contributed by atoms with Gasteiger partial charge in [-0.3, -0.25) is 4.79 Å². The predicted octanol–water partition coefficient (Wildman–Crippen LogP) is 1.72. The van der Waals surface area contributed by atoms with E-state index in [0.29, 0.717) is 0 Å². The van der Waals surface area contributed by atoms with Gasteiger partial charge >= 0.3 is 12.4 Å². The molecule has 1 N–H and O–H groups in total. The SMILES string of the molecule is CN(C)CCN/C(=C/C(=O)C(F)(F)F)C(F)(F)F. The van der Waals surface area contributed by atoms with Gasteiger partial charge in [-0.05, 0) is 14.1 Å². The molecule has 0 fully saturated rings. The fourth-order valence-corrected chi connectivity index (χ4v) is 0.860. The number of hydrogen-bond donors (Lipinski definition) is 1. The molecule has 0 saturated carbocycles. The minimum Gasteiger partial charge on any atom is -0.380 e. The van der Waals surface area contributed by atoms with E-state index in [4.69, 9.17) is 0 Å². The predicted molar refractivity (Wildman–Crippen MR) is 51.8 cm³/mol. The lowest BCUT2D eigenvalue weighted by molar-refractivity contribution is -0.166. The summed E-state index contributed by atoms with van der Waals surface area (Å²) in [6, 6.07) is 0. The lowest BCUT2D eigenvalue weighted by Crippen LogP contribution is -2.34. The summed E-state index contributed by atoms with van der Waals surface area (Å²) in [5.41, 5.74) is -1.70. The maximum Gasteiger partial charge on any atom is 0.454 e. The molecule has 0 aliphatic heterocycles. The summed E-state index contributed by atoms with van der Waals surface area (Å²) in [5.74, 6) is -2.55. The van der Waals surface area contributed by atoms with Crippen LogP contribution in [0.15, 0.2) is 11.8 Å². The largest absolute Gasteiger partial charge is 0.454 e. The summed E-state index contributed by atoms with van der Waals surface area (Å²) in [5, 5.41) is 1.77. The summed E-state index contributed by atoms with van der Waals surface area (Å²) in [6.07, 6.45) is -10.8. The molecule has 0 saturated heterocycles. The van der Waals surface area contributed by atoms with E-state index in [-0.39, 0.29) is 13.1 Å². The van der Waals surface area contributed by atoms with E-state index in [2.05, 4.69) is 0 Å². The van der Waals surface area contributed by atoms with E-state index >= 15 is 0 Å². The van der Waals surface area contributed by atoms with Crippen LogP contribution in [0, 0.1) is 0 Å². The average molecular weight is 278 g/mol. The Bertz CT molecular complexity index is 318. The highest BCUT2D eigenvalue weighted by Gasteiger charge is 2.41. The van der Waals surface area contributed by atoms with Crippen molar-refractivity contribution in [2.75, 3.05) is 27.2 Å².